The number of nitroso groups, excluding NO2 is 1. The number of ether oxygens (including phenoxy) is 1. The first-order valence-electron chi connectivity index (χ1n) is 2.31. The van der Waals surface area contributed by atoms with Crippen LogP contribution in [0.2, 0.25) is 0 Å². The molecule has 0 spiro atoms. The van der Waals surface area contributed by atoms with E-state index < -0.39 is 6.09 Å². The zero-order valence-corrected chi connectivity index (χ0v) is 4.88. The van der Waals surface area contributed by atoms with Crippen molar-refractivity contribution in [3.05, 3.63) is 4.91 Å². The van der Waals surface area contributed by atoms with E-state index in [1.807, 2.05) is 5.43 Å². The van der Waals surface area contributed by atoms with Crippen LogP contribution in [0.1, 0.15) is 6.92 Å². The normalized spacial score (nSPS) is 7.67. The molecule has 0 saturated carbocycles. The lowest BCUT2D eigenvalue weighted by molar-refractivity contribution is 0.147. The second-order valence-electron chi connectivity index (χ2n) is 1.05. The van der Waals surface area contributed by atoms with Crippen LogP contribution in [0.4, 0.5) is 4.79 Å². The number of hydrogen-bond acceptors (Lipinski definition) is 4. The fourth-order valence-corrected chi connectivity index (χ4v) is 0.236. The van der Waals surface area contributed by atoms with E-state index in [1.54, 1.807) is 12.5 Å². The molecule has 6 heteroatoms. The van der Waals surface area contributed by atoms with Gasteiger partial charge in [-0.1, -0.05) is 0 Å². The molecule has 0 aromatic rings. The van der Waals surface area contributed by atoms with Crippen molar-refractivity contribution in [1.82, 2.24) is 11.0 Å². The summed E-state index contributed by atoms with van der Waals surface area (Å²) in [5, 5.41) is 2.15. The number of amides is 1. The highest BCUT2D eigenvalue weighted by molar-refractivity contribution is 5.66. The Morgan fingerprint density at radius 1 is 1.78 bits per heavy atom. The third-order valence-corrected chi connectivity index (χ3v) is 0.479. The van der Waals surface area contributed by atoms with E-state index in [0.29, 0.717) is 0 Å². The Hall–Kier alpha value is -1.33. The number of carbonyl (C=O) groups is 1. The van der Waals surface area contributed by atoms with Gasteiger partial charge in [-0.15, -0.1) is 4.91 Å². The van der Waals surface area contributed by atoms with Crippen LogP contribution in [0.25, 0.3) is 0 Å². The Morgan fingerprint density at radius 2 is 2.44 bits per heavy atom. The SMILES string of the molecule is CCOC(=O)NNN=O. The highest BCUT2D eigenvalue weighted by atomic mass is 16.6. The summed E-state index contributed by atoms with van der Waals surface area (Å²) in [5.41, 5.74) is 3.52. The van der Waals surface area contributed by atoms with Crippen LogP contribution in [0.3, 0.4) is 0 Å². The maximum Gasteiger partial charge on any atom is 0.427 e. The Labute approximate surface area is 51.5 Å². The summed E-state index contributed by atoms with van der Waals surface area (Å²) < 4.78 is 4.33. The van der Waals surface area contributed by atoms with Crippen LogP contribution in [0, 0.1) is 4.91 Å². The van der Waals surface area contributed by atoms with Gasteiger partial charge in [0, 0.05) is 0 Å². The zero-order chi connectivity index (χ0) is 7.11. The van der Waals surface area contributed by atoms with Gasteiger partial charge < -0.3 is 4.74 Å². The fraction of sp³-hybridized carbons (Fsp3) is 0.667. The molecule has 0 atom stereocenters. The lowest BCUT2D eigenvalue weighted by Crippen LogP contribution is -2.33. The van der Waals surface area contributed by atoms with Crippen LogP contribution >= 0.6 is 0 Å². The van der Waals surface area contributed by atoms with Crippen molar-refractivity contribution in [3.63, 3.8) is 0 Å². The molecule has 0 aromatic carbocycles. The number of hydrogen-bond donors (Lipinski definition) is 2. The molecule has 0 aromatic heterocycles. The Morgan fingerprint density at radius 3 is 2.89 bits per heavy atom. The summed E-state index contributed by atoms with van der Waals surface area (Å²) in [7, 11) is 0. The molecule has 52 valence electrons. The third kappa shape index (κ3) is 4.52. The standard InChI is InChI=1S/C3H7N3O3/c1-2-9-3(7)4-5-6-8/h2H2,1H3,(H,5,8)(H,4,6,7). The molecular formula is C3H7N3O3. The second kappa shape index (κ2) is 4.82. The minimum Gasteiger partial charge on any atom is -0.449 e. The van der Waals surface area contributed by atoms with Crippen molar-refractivity contribution in [2.45, 2.75) is 6.92 Å². The maximum atomic E-state index is 10.2. The average Bonchev–Trinajstić information content (AvgIpc) is 1.85. The van der Waals surface area contributed by atoms with Gasteiger partial charge in [-0.3, -0.25) is 0 Å². The van der Waals surface area contributed by atoms with Gasteiger partial charge in [0.2, 0.25) is 0 Å². The van der Waals surface area contributed by atoms with E-state index in [9.17, 15) is 9.70 Å². The van der Waals surface area contributed by atoms with Crippen LogP contribution in [-0.2, 0) is 4.74 Å². The number of hydrazine groups is 1. The molecule has 0 unspecified atom stereocenters. The van der Waals surface area contributed by atoms with Crippen LogP contribution in [0.5, 0.6) is 0 Å². The van der Waals surface area contributed by atoms with Gasteiger partial charge in [0.15, 0.2) is 0 Å². The second-order valence-corrected chi connectivity index (χ2v) is 1.05. The van der Waals surface area contributed by atoms with Crippen molar-refractivity contribution in [2.75, 3.05) is 6.61 Å². The van der Waals surface area contributed by atoms with Crippen molar-refractivity contribution < 1.29 is 9.53 Å². The highest BCUT2D eigenvalue weighted by Crippen LogP contribution is 1.71. The van der Waals surface area contributed by atoms with Crippen LogP contribution < -0.4 is 11.0 Å². The molecule has 6 nitrogen and oxygen atoms in total. The Balaban J connectivity index is 3.16. The minimum absolute atomic E-state index is 0.256. The van der Waals surface area contributed by atoms with Gasteiger partial charge in [-0.05, 0) is 6.92 Å². The Bertz CT molecular complexity index is 104. The fourth-order valence-electron chi connectivity index (χ4n) is 0.236. The summed E-state index contributed by atoms with van der Waals surface area (Å²) in [6.07, 6.45) is -0.725. The topological polar surface area (TPSA) is 79.8 Å². The van der Waals surface area contributed by atoms with Crippen molar-refractivity contribution in [3.8, 4) is 0 Å². The maximum absolute atomic E-state index is 10.2. The highest BCUT2D eigenvalue weighted by Gasteiger charge is 1.94. The molecule has 9 heavy (non-hydrogen) atoms. The molecule has 0 fully saturated rings. The van der Waals surface area contributed by atoms with Crippen molar-refractivity contribution in [2.24, 2.45) is 5.29 Å². The molecule has 0 aliphatic rings. The average molecular weight is 133 g/mol. The smallest absolute Gasteiger partial charge is 0.427 e. The first-order valence-corrected chi connectivity index (χ1v) is 2.31. The molecule has 0 saturated heterocycles. The Kier molecular flexibility index (Phi) is 4.11. The summed E-state index contributed by atoms with van der Waals surface area (Å²) >= 11 is 0. The molecule has 0 aliphatic carbocycles. The third-order valence-electron chi connectivity index (χ3n) is 0.479. The predicted molar refractivity (Wildman–Crippen MR) is 29.1 cm³/mol. The van der Waals surface area contributed by atoms with E-state index in [2.05, 4.69) is 10.0 Å². The van der Waals surface area contributed by atoms with Gasteiger partial charge in [0.25, 0.3) is 0 Å². The number of nitrogens with zero attached hydrogens (tertiary/aromatic N) is 1. The molecule has 0 bridgehead atoms. The molecule has 2 N–H and O–H groups in total. The molecule has 0 radical (unpaired) electrons. The summed E-state index contributed by atoms with van der Waals surface area (Å²) in [6.45, 7) is 1.90. The van der Waals surface area contributed by atoms with E-state index in [1.165, 1.54) is 0 Å². The van der Waals surface area contributed by atoms with Crippen LogP contribution in [-0.4, -0.2) is 12.7 Å². The number of nitrogens with one attached hydrogen (secondary N) is 2. The van der Waals surface area contributed by atoms with E-state index in [0.717, 1.165) is 0 Å². The molecule has 1 amide bonds. The van der Waals surface area contributed by atoms with E-state index in [4.69, 9.17) is 0 Å². The summed E-state index contributed by atoms with van der Waals surface area (Å²) in [5.74, 6) is 0. The van der Waals surface area contributed by atoms with Gasteiger partial charge >= 0.3 is 6.09 Å². The lowest BCUT2D eigenvalue weighted by Gasteiger charge is -1.99. The lowest BCUT2D eigenvalue weighted by atomic mass is 10.9. The number of carbonyl (C=O) groups excluding carboxylic acids is 1. The molecule has 0 rings (SSSR count). The van der Waals surface area contributed by atoms with E-state index in [-0.39, 0.29) is 6.61 Å². The number of rotatable bonds is 3. The zero-order valence-electron chi connectivity index (χ0n) is 4.88. The minimum atomic E-state index is -0.725. The van der Waals surface area contributed by atoms with Crippen molar-refractivity contribution >= 4 is 6.09 Å². The van der Waals surface area contributed by atoms with Gasteiger partial charge in [0.05, 0.1) is 11.9 Å². The quantitative estimate of drug-likeness (QED) is 0.416. The largest absolute Gasteiger partial charge is 0.449 e. The van der Waals surface area contributed by atoms with Crippen molar-refractivity contribution in [1.29, 1.82) is 0 Å². The van der Waals surface area contributed by atoms with Gasteiger partial charge in [-0.2, -0.15) is 5.53 Å². The molecule has 0 aliphatic heterocycles. The summed E-state index contributed by atoms with van der Waals surface area (Å²) in [4.78, 5) is 19.5. The predicted octanol–water partition coefficient (Wildman–Crippen LogP) is -0.0815. The van der Waals surface area contributed by atoms with Crippen LogP contribution in [0.15, 0.2) is 5.29 Å². The summed E-state index contributed by atoms with van der Waals surface area (Å²) in [6, 6.07) is 0. The molecule has 0 heterocycles. The van der Waals surface area contributed by atoms with Gasteiger partial charge in [0.1, 0.15) is 0 Å². The van der Waals surface area contributed by atoms with Gasteiger partial charge in [-0.25, -0.2) is 10.2 Å². The first kappa shape index (κ1) is 7.67. The van der Waals surface area contributed by atoms with E-state index >= 15 is 0 Å². The monoisotopic (exact) mass is 133 g/mol. The first-order chi connectivity index (χ1) is 4.31. The molecular weight excluding hydrogens is 126 g/mol.